The van der Waals surface area contributed by atoms with Crippen molar-refractivity contribution in [2.45, 2.75) is 13.0 Å². The summed E-state index contributed by atoms with van der Waals surface area (Å²) in [6, 6.07) is 5.34. The van der Waals surface area contributed by atoms with E-state index in [0.29, 0.717) is 11.5 Å². The predicted molar refractivity (Wildman–Crippen MR) is 61.6 cm³/mol. The molecule has 2 N–H and O–H groups in total. The summed E-state index contributed by atoms with van der Waals surface area (Å²) in [7, 11) is 0. The van der Waals surface area contributed by atoms with E-state index in [4.69, 9.17) is 15.2 Å². The van der Waals surface area contributed by atoms with E-state index in [1.807, 2.05) is 0 Å². The second-order valence-electron chi connectivity index (χ2n) is 3.31. The SMILES string of the molecule is C=CC(=O)Oc1ccc(OC(=O)[C@H](C)N)cc1. The van der Waals surface area contributed by atoms with Gasteiger partial charge in [-0.25, -0.2) is 9.59 Å². The molecule has 1 atom stereocenters. The molecule has 1 rings (SSSR count). The molecule has 0 amide bonds. The average Bonchev–Trinajstić information content (AvgIpc) is 2.31. The molecule has 1 aromatic carbocycles. The van der Waals surface area contributed by atoms with Crippen LogP contribution < -0.4 is 15.2 Å². The van der Waals surface area contributed by atoms with Crippen molar-refractivity contribution in [3.05, 3.63) is 36.9 Å². The fourth-order valence-corrected chi connectivity index (χ4v) is 0.943. The van der Waals surface area contributed by atoms with Crippen molar-refractivity contribution in [2.75, 3.05) is 0 Å². The van der Waals surface area contributed by atoms with Crippen LogP contribution in [0.15, 0.2) is 36.9 Å². The summed E-state index contributed by atoms with van der Waals surface area (Å²) in [5, 5.41) is 0. The first-order chi connectivity index (χ1) is 8.02. The lowest BCUT2D eigenvalue weighted by atomic mass is 10.3. The zero-order valence-corrected chi connectivity index (χ0v) is 9.38. The zero-order chi connectivity index (χ0) is 12.8. The first-order valence-electron chi connectivity index (χ1n) is 4.94. The summed E-state index contributed by atoms with van der Waals surface area (Å²) >= 11 is 0. The molecule has 0 heterocycles. The molecule has 5 heteroatoms. The molecule has 0 saturated carbocycles. The molecule has 0 aromatic heterocycles. The predicted octanol–water partition coefficient (Wildman–Crippen LogP) is 1.03. The van der Waals surface area contributed by atoms with Gasteiger partial charge < -0.3 is 15.2 Å². The third-order valence-corrected chi connectivity index (χ3v) is 1.80. The Morgan fingerprint density at radius 3 is 2.12 bits per heavy atom. The Labute approximate surface area is 98.8 Å². The molecule has 0 fully saturated rings. The maximum atomic E-state index is 11.2. The molecule has 0 aliphatic carbocycles. The van der Waals surface area contributed by atoms with Crippen LogP contribution >= 0.6 is 0 Å². The number of esters is 2. The van der Waals surface area contributed by atoms with Crippen LogP contribution in [0.1, 0.15) is 6.92 Å². The van der Waals surface area contributed by atoms with Gasteiger partial charge in [0, 0.05) is 6.08 Å². The van der Waals surface area contributed by atoms with Crippen molar-refractivity contribution in [3.8, 4) is 11.5 Å². The van der Waals surface area contributed by atoms with Gasteiger partial charge in [-0.3, -0.25) is 0 Å². The fourth-order valence-electron chi connectivity index (χ4n) is 0.943. The topological polar surface area (TPSA) is 78.6 Å². The highest BCUT2D eigenvalue weighted by Crippen LogP contribution is 2.18. The number of rotatable bonds is 4. The quantitative estimate of drug-likeness (QED) is 0.479. The van der Waals surface area contributed by atoms with E-state index >= 15 is 0 Å². The molecule has 0 saturated heterocycles. The van der Waals surface area contributed by atoms with Crippen LogP contribution in [-0.4, -0.2) is 18.0 Å². The van der Waals surface area contributed by atoms with Crippen molar-refractivity contribution < 1.29 is 19.1 Å². The molecule has 0 aliphatic rings. The normalized spacial score (nSPS) is 11.4. The van der Waals surface area contributed by atoms with Crippen LogP contribution in [0.3, 0.4) is 0 Å². The second kappa shape index (κ2) is 5.81. The molecule has 0 bridgehead atoms. The van der Waals surface area contributed by atoms with Gasteiger partial charge in [-0.15, -0.1) is 0 Å². The maximum absolute atomic E-state index is 11.2. The number of nitrogens with two attached hydrogens (primary N) is 1. The minimum absolute atomic E-state index is 0.339. The van der Waals surface area contributed by atoms with E-state index in [1.54, 1.807) is 0 Å². The van der Waals surface area contributed by atoms with Gasteiger partial charge in [0.15, 0.2) is 0 Å². The van der Waals surface area contributed by atoms with Crippen LogP contribution in [0.4, 0.5) is 0 Å². The summed E-state index contributed by atoms with van der Waals surface area (Å²) in [6.07, 6.45) is 1.06. The van der Waals surface area contributed by atoms with E-state index in [2.05, 4.69) is 6.58 Å². The Bertz CT molecular complexity index is 423. The van der Waals surface area contributed by atoms with Gasteiger partial charge >= 0.3 is 11.9 Å². The standard InChI is InChI=1S/C12H13NO4/c1-3-11(14)16-9-4-6-10(7-5-9)17-12(15)8(2)13/h3-8H,1,13H2,2H3/t8-/m0/s1. The molecule has 1 aromatic rings. The van der Waals surface area contributed by atoms with Gasteiger partial charge in [0.05, 0.1) is 0 Å². The van der Waals surface area contributed by atoms with Gasteiger partial charge in [0.25, 0.3) is 0 Å². The van der Waals surface area contributed by atoms with Crippen molar-refractivity contribution in [3.63, 3.8) is 0 Å². The number of hydrogen-bond acceptors (Lipinski definition) is 5. The van der Waals surface area contributed by atoms with Crippen molar-refractivity contribution >= 4 is 11.9 Å². The summed E-state index contributed by atoms with van der Waals surface area (Å²) in [5.41, 5.74) is 5.34. The highest BCUT2D eigenvalue weighted by molar-refractivity contribution is 5.83. The molecule has 17 heavy (non-hydrogen) atoms. The molecule has 0 aliphatic heterocycles. The number of carbonyl (C=O) groups excluding carboxylic acids is 2. The van der Waals surface area contributed by atoms with E-state index in [-0.39, 0.29) is 0 Å². The summed E-state index contributed by atoms with van der Waals surface area (Å²) in [6.45, 7) is 4.81. The molecular weight excluding hydrogens is 222 g/mol. The lowest BCUT2D eigenvalue weighted by Crippen LogP contribution is -2.30. The summed E-state index contributed by atoms with van der Waals surface area (Å²) < 4.78 is 9.79. The Hall–Kier alpha value is -2.14. The fraction of sp³-hybridized carbons (Fsp3) is 0.167. The van der Waals surface area contributed by atoms with Gasteiger partial charge in [0.1, 0.15) is 17.5 Å². The second-order valence-corrected chi connectivity index (χ2v) is 3.31. The van der Waals surface area contributed by atoms with E-state index in [9.17, 15) is 9.59 Å². The average molecular weight is 235 g/mol. The Morgan fingerprint density at radius 2 is 1.71 bits per heavy atom. The third kappa shape index (κ3) is 4.08. The number of carbonyl (C=O) groups is 2. The maximum Gasteiger partial charge on any atom is 0.335 e. The van der Waals surface area contributed by atoms with Crippen molar-refractivity contribution in [2.24, 2.45) is 5.73 Å². The number of benzene rings is 1. The van der Waals surface area contributed by atoms with Crippen molar-refractivity contribution in [1.82, 2.24) is 0 Å². The highest BCUT2D eigenvalue weighted by Gasteiger charge is 2.10. The largest absolute Gasteiger partial charge is 0.425 e. The molecule has 90 valence electrons. The lowest BCUT2D eigenvalue weighted by Gasteiger charge is -2.07. The summed E-state index contributed by atoms with van der Waals surface area (Å²) in [5.74, 6) is -0.396. The van der Waals surface area contributed by atoms with Crippen molar-refractivity contribution in [1.29, 1.82) is 0 Å². The third-order valence-electron chi connectivity index (χ3n) is 1.80. The number of hydrogen-bond donors (Lipinski definition) is 1. The summed E-state index contributed by atoms with van der Waals surface area (Å²) in [4.78, 5) is 22.1. The van der Waals surface area contributed by atoms with Crippen LogP contribution in [0, 0.1) is 0 Å². The molecule has 0 radical (unpaired) electrons. The van der Waals surface area contributed by atoms with Gasteiger partial charge in [0.2, 0.25) is 0 Å². The minimum atomic E-state index is -0.687. The molecular formula is C12H13NO4. The first-order valence-corrected chi connectivity index (χ1v) is 4.94. The Kier molecular flexibility index (Phi) is 4.42. The van der Waals surface area contributed by atoms with E-state index < -0.39 is 18.0 Å². The van der Waals surface area contributed by atoms with Crippen LogP contribution in [0.2, 0.25) is 0 Å². The van der Waals surface area contributed by atoms with Crippen LogP contribution in [-0.2, 0) is 9.59 Å². The van der Waals surface area contributed by atoms with E-state index in [0.717, 1.165) is 6.08 Å². The minimum Gasteiger partial charge on any atom is -0.425 e. The Balaban J connectivity index is 2.65. The zero-order valence-electron chi connectivity index (χ0n) is 9.38. The highest BCUT2D eigenvalue weighted by atomic mass is 16.5. The molecule has 0 unspecified atom stereocenters. The smallest absolute Gasteiger partial charge is 0.335 e. The monoisotopic (exact) mass is 235 g/mol. The van der Waals surface area contributed by atoms with Crippen LogP contribution in [0.25, 0.3) is 0 Å². The number of ether oxygens (including phenoxy) is 2. The van der Waals surface area contributed by atoms with Gasteiger partial charge in [-0.1, -0.05) is 6.58 Å². The van der Waals surface area contributed by atoms with Gasteiger partial charge in [-0.05, 0) is 31.2 Å². The molecule has 5 nitrogen and oxygen atoms in total. The first kappa shape index (κ1) is 12.9. The van der Waals surface area contributed by atoms with E-state index in [1.165, 1.54) is 31.2 Å². The van der Waals surface area contributed by atoms with Crippen LogP contribution in [0.5, 0.6) is 11.5 Å². The lowest BCUT2D eigenvalue weighted by molar-refractivity contribution is -0.135. The molecule has 0 spiro atoms. The van der Waals surface area contributed by atoms with Gasteiger partial charge in [-0.2, -0.15) is 0 Å². The Morgan fingerprint density at radius 1 is 1.24 bits per heavy atom.